The number of pyridine rings is 1. The molecule has 0 spiro atoms. The molecule has 1 amide bonds. The summed E-state index contributed by atoms with van der Waals surface area (Å²) in [5, 5.41) is 11.9. The van der Waals surface area contributed by atoms with Gasteiger partial charge in [-0.2, -0.15) is 5.26 Å². The molecule has 0 aliphatic heterocycles. The number of nitrogens with one attached hydrogen (secondary N) is 1. The second-order valence-corrected chi connectivity index (χ2v) is 5.78. The van der Waals surface area contributed by atoms with Crippen LogP contribution in [0, 0.1) is 11.3 Å². The van der Waals surface area contributed by atoms with E-state index in [9.17, 15) is 4.79 Å². The van der Waals surface area contributed by atoms with Gasteiger partial charge in [-0.15, -0.1) is 0 Å². The van der Waals surface area contributed by atoms with E-state index in [0.717, 1.165) is 16.9 Å². The Kier molecular flexibility index (Phi) is 3.92. The van der Waals surface area contributed by atoms with E-state index in [2.05, 4.69) is 10.3 Å². The third-order valence-electron chi connectivity index (χ3n) is 4.07. The summed E-state index contributed by atoms with van der Waals surface area (Å²) in [6, 6.07) is 22.0. The Morgan fingerprint density at radius 3 is 2.73 bits per heavy atom. The zero-order chi connectivity index (χ0) is 17.9. The average Bonchev–Trinajstić information content (AvgIpc) is 3.12. The molecule has 2 aromatic carbocycles. The van der Waals surface area contributed by atoms with Crippen molar-refractivity contribution in [1.29, 1.82) is 5.26 Å². The van der Waals surface area contributed by atoms with Crippen molar-refractivity contribution >= 4 is 17.2 Å². The van der Waals surface area contributed by atoms with Gasteiger partial charge in [0.05, 0.1) is 23.0 Å². The van der Waals surface area contributed by atoms with Crippen LogP contribution < -0.4 is 5.32 Å². The van der Waals surface area contributed by atoms with Crippen LogP contribution in [-0.2, 0) is 0 Å². The van der Waals surface area contributed by atoms with E-state index in [1.807, 2.05) is 65.3 Å². The Balaban J connectivity index is 1.69. The fourth-order valence-electron chi connectivity index (χ4n) is 2.80. The largest absolute Gasteiger partial charge is 0.321 e. The zero-order valence-electron chi connectivity index (χ0n) is 13.8. The van der Waals surface area contributed by atoms with E-state index in [1.54, 1.807) is 24.3 Å². The first-order valence-electron chi connectivity index (χ1n) is 8.09. The zero-order valence-corrected chi connectivity index (χ0v) is 13.8. The number of nitrogens with zero attached hydrogens (tertiary/aromatic N) is 3. The lowest BCUT2D eigenvalue weighted by Crippen LogP contribution is -2.12. The number of anilines is 1. The minimum Gasteiger partial charge on any atom is -0.321 e. The monoisotopic (exact) mass is 338 g/mol. The third kappa shape index (κ3) is 2.92. The van der Waals surface area contributed by atoms with Crippen LogP contribution in [0.3, 0.4) is 0 Å². The SMILES string of the molecule is N#Cc1cccc(C(=O)Nc2ccccc2-c2cn3ccccc3n2)c1. The predicted octanol–water partition coefficient (Wildman–Crippen LogP) is 4.13. The summed E-state index contributed by atoms with van der Waals surface area (Å²) < 4.78 is 1.93. The number of aromatic nitrogens is 2. The fourth-order valence-corrected chi connectivity index (χ4v) is 2.80. The predicted molar refractivity (Wildman–Crippen MR) is 99.7 cm³/mol. The molecule has 4 aromatic rings. The highest BCUT2D eigenvalue weighted by molar-refractivity contribution is 6.06. The van der Waals surface area contributed by atoms with E-state index in [0.29, 0.717) is 16.8 Å². The van der Waals surface area contributed by atoms with Crippen LogP contribution in [-0.4, -0.2) is 15.3 Å². The molecule has 0 aliphatic rings. The molecule has 2 aromatic heterocycles. The highest BCUT2D eigenvalue weighted by atomic mass is 16.1. The summed E-state index contributed by atoms with van der Waals surface area (Å²) in [5.74, 6) is -0.265. The molecule has 0 saturated heterocycles. The van der Waals surface area contributed by atoms with E-state index < -0.39 is 0 Å². The molecule has 2 heterocycles. The Bertz CT molecular complexity index is 1120. The molecule has 0 unspecified atom stereocenters. The van der Waals surface area contributed by atoms with E-state index in [1.165, 1.54) is 0 Å². The second kappa shape index (κ2) is 6.54. The van der Waals surface area contributed by atoms with Gasteiger partial charge in [-0.05, 0) is 36.4 Å². The third-order valence-corrected chi connectivity index (χ3v) is 4.07. The number of carbonyl (C=O) groups excluding carboxylic acids is 1. The van der Waals surface area contributed by atoms with Gasteiger partial charge in [0.1, 0.15) is 5.65 Å². The normalized spacial score (nSPS) is 10.4. The van der Waals surface area contributed by atoms with Gasteiger partial charge < -0.3 is 9.72 Å². The van der Waals surface area contributed by atoms with Crippen LogP contribution in [0.15, 0.2) is 79.1 Å². The molecule has 5 heteroatoms. The number of benzene rings is 2. The lowest BCUT2D eigenvalue weighted by molar-refractivity contribution is 0.102. The number of hydrogen-bond donors (Lipinski definition) is 1. The highest BCUT2D eigenvalue weighted by Gasteiger charge is 2.12. The first kappa shape index (κ1) is 15.6. The summed E-state index contributed by atoms with van der Waals surface area (Å²) in [4.78, 5) is 17.2. The maximum Gasteiger partial charge on any atom is 0.255 e. The van der Waals surface area contributed by atoms with Crippen LogP contribution >= 0.6 is 0 Å². The van der Waals surface area contributed by atoms with E-state index in [-0.39, 0.29) is 5.91 Å². The van der Waals surface area contributed by atoms with Crippen molar-refractivity contribution in [2.24, 2.45) is 0 Å². The molecule has 1 N–H and O–H groups in total. The molecule has 0 bridgehead atoms. The van der Waals surface area contributed by atoms with Crippen molar-refractivity contribution < 1.29 is 4.79 Å². The quantitative estimate of drug-likeness (QED) is 0.611. The van der Waals surface area contributed by atoms with Gasteiger partial charge in [0.25, 0.3) is 5.91 Å². The van der Waals surface area contributed by atoms with Crippen molar-refractivity contribution in [3.63, 3.8) is 0 Å². The summed E-state index contributed by atoms with van der Waals surface area (Å²) in [6.45, 7) is 0. The van der Waals surface area contributed by atoms with Gasteiger partial charge >= 0.3 is 0 Å². The number of nitriles is 1. The number of fused-ring (bicyclic) bond motifs is 1. The lowest BCUT2D eigenvalue weighted by atomic mass is 10.1. The topological polar surface area (TPSA) is 70.2 Å². The summed E-state index contributed by atoms with van der Waals surface area (Å²) in [6.07, 6.45) is 3.86. The molecule has 0 aliphatic carbocycles. The van der Waals surface area contributed by atoms with Crippen molar-refractivity contribution in [3.8, 4) is 17.3 Å². The Labute approximate surface area is 150 Å². The average molecular weight is 338 g/mol. The molecule has 5 nitrogen and oxygen atoms in total. The van der Waals surface area contributed by atoms with Gasteiger partial charge in [0.2, 0.25) is 0 Å². The number of rotatable bonds is 3. The van der Waals surface area contributed by atoms with Gasteiger partial charge in [-0.1, -0.05) is 30.3 Å². The Hall–Kier alpha value is -3.91. The lowest BCUT2D eigenvalue weighted by Gasteiger charge is -2.09. The van der Waals surface area contributed by atoms with Gasteiger partial charge in [0.15, 0.2) is 0 Å². The summed E-state index contributed by atoms with van der Waals surface area (Å²) in [7, 11) is 0. The van der Waals surface area contributed by atoms with Crippen LogP contribution in [0.1, 0.15) is 15.9 Å². The molecule has 0 atom stereocenters. The molecule has 0 radical (unpaired) electrons. The number of hydrogen-bond acceptors (Lipinski definition) is 3. The molecule has 26 heavy (non-hydrogen) atoms. The van der Waals surface area contributed by atoms with Crippen LogP contribution in [0.4, 0.5) is 5.69 Å². The molecule has 0 saturated carbocycles. The van der Waals surface area contributed by atoms with Crippen molar-refractivity contribution in [2.75, 3.05) is 5.32 Å². The van der Waals surface area contributed by atoms with Crippen LogP contribution in [0.25, 0.3) is 16.9 Å². The maximum absolute atomic E-state index is 12.6. The summed E-state index contributed by atoms with van der Waals surface area (Å²) >= 11 is 0. The maximum atomic E-state index is 12.6. The fraction of sp³-hybridized carbons (Fsp3) is 0. The van der Waals surface area contributed by atoms with Gasteiger partial charge in [0, 0.05) is 23.5 Å². The van der Waals surface area contributed by atoms with Crippen molar-refractivity contribution in [1.82, 2.24) is 9.38 Å². The highest BCUT2D eigenvalue weighted by Crippen LogP contribution is 2.27. The number of para-hydroxylation sites is 1. The minimum atomic E-state index is -0.265. The standard InChI is InChI=1S/C21H14N4O/c22-13-15-6-5-7-16(12-15)21(26)24-18-9-2-1-8-17(18)19-14-25-11-4-3-10-20(25)23-19/h1-12,14H,(H,24,26). The van der Waals surface area contributed by atoms with E-state index in [4.69, 9.17) is 5.26 Å². The van der Waals surface area contributed by atoms with Crippen LogP contribution in [0.5, 0.6) is 0 Å². The first-order valence-corrected chi connectivity index (χ1v) is 8.09. The summed E-state index contributed by atoms with van der Waals surface area (Å²) in [5.41, 5.74) is 4.01. The molecular weight excluding hydrogens is 324 g/mol. The Morgan fingerprint density at radius 2 is 1.88 bits per heavy atom. The smallest absolute Gasteiger partial charge is 0.255 e. The minimum absolute atomic E-state index is 0.265. The van der Waals surface area contributed by atoms with Gasteiger partial charge in [-0.25, -0.2) is 4.98 Å². The number of imidazole rings is 1. The van der Waals surface area contributed by atoms with Crippen LogP contribution in [0.2, 0.25) is 0 Å². The first-order chi connectivity index (χ1) is 12.7. The molecular formula is C21H14N4O. The van der Waals surface area contributed by atoms with Crippen molar-refractivity contribution in [3.05, 3.63) is 90.3 Å². The number of carbonyl (C=O) groups is 1. The molecule has 124 valence electrons. The molecule has 4 rings (SSSR count). The van der Waals surface area contributed by atoms with Crippen molar-refractivity contribution in [2.45, 2.75) is 0 Å². The number of amides is 1. The second-order valence-electron chi connectivity index (χ2n) is 5.78. The van der Waals surface area contributed by atoms with Gasteiger partial charge in [-0.3, -0.25) is 4.79 Å². The molecule has 0 fully saturated rings. The van der Waals surface area contributed by atoms with E-state index >= 15 is 0 Å². The Morgan fingerprint density at radius 1 is 1.04 bits per heavy atom.